The number of nitrogens with zero attached hydrogens (tertiary/aromatic N) is 1. The molecule has 0 aromatic rings. The molecule has 0 bridgehead atoms. The second-order valence-corrected chi connectivity index (χ2v) is 5.51. The molecule has 3 heteroatoms. The van der Waals surface area contributed by atoms with E-state index in [9.17, 15) is 0 Å². The highest BCUT2D eigenvalue weighted by Crippen LogP contribution is 2.43. The molecule has 0 amide bonds. The van der Waals surface area contributed by atoms with Crippen molar-refractivity contribution in [3.8, 4) is 0 Å². The first-order valence-electron chi connectivity index (χ1n) is 4.71. The lowest BCUT2D eigenvalue weighted by atomic mass is 10.1. The Labute approximate surface area is 88.6 Å². The Morgan fingerprint density at radius 1 is 1.62 bits per heavy atom. The standard InChI is InChI=1S/C10H14ClNS/c1-6(2)9-10-7(5-12-9)3-8(4-11)13-10/h6,8H,3-5H2,1-2H3. The summed E-state index contributed by atoms with van der Waals surface area (Å²) < 4.78 is 0. The summed E-state index contributed by atoms with van der Waals surface area (Å²) in [6.07, 6.45) is 1.16. The number of hydrogen-bond donors (Lipinski definition) is 0. The van der Waals surface area contributed by atoms with Crippen LogP contribution in [0.5, 0.6) is 0 Å². The topological polar surface area (TPSA) is 12.4 Å². The van der Waals surface area contributed by atoms with Crippen LogP contribution in [0.4, 0.5) is 0 Å². The lowest BCUT2D eigenvalue weighted by Gasteiger charge is -2.10. The summed E-state index contributed by atoms with van der Waals surface area (Å²) in [5.41, 5.74) is 2.84. The maximum absolute atomic E-state index is 5.86. The van der Waals surface area contributed by atoms with Crippen LogP contribution in [0, 0.1) is 5.92 Å². The van der Waals surface area contributed by atoms with Crippen LogP contribution in [0.2, 0.25) is 0 Å². The zero-order valence-electron chi connectivity index (χ0n) is 8.01. The molecule has 13 heavy (non-hydrogen) atoms. The van der Waals surface area contributed by atoms with Gasteiger partial charge in [0, 0.05) is 16.0 Å². The van der Waals surface area contributed by atoms with Crippen LogP contribution in [0.15, 0.2) is 15.5 Å². The Balaban J connectivity index is 2.13. The molecule has 0 saturated heterocycles. The maximum Gasteiger partial charge on any atom is 0.0618 e. The van der Waals surface area contributed by atoms with E-state index in [0.29, 0.717) is 11.2 Å². The number of rotatable bonds is 2. The van der Waals surface area contributed by atoms with Crippen LogP contribution in [-0.4, -0.2) is 23.4 Å². The summed E-state index contributed by atoms with van der Waals surface area (Å²) in [4.78, 5) is 6.03. The van der Waals surface area contributed by atoms with E-state index in [1.807, 2.05) is 11.8 Å². The molecule has 1 nitrogen and oxygen atoms in total. The van der Waals surface area contributed by atoms with Crippen molar-refractivity contribution >= 4 is 29.1 Å². The molecule has 0 aromatic heterocycles. The molecule has 72 valence electrons. The molecular formula is C10H14ClNS. The molecule has 0 saturated carbocycles. The first-order valence-corrected chi connectivity index (χ1v) is 6.13. The second-order valence-electron chi connectivity index (χ2n) is 3.89. The van der Waals surface area contributed by atoms with Crippen molar-refractivity contribution in [2.45, 2.75) is 25.5 Å². The van der Waals surface area contributed by atoms with E-state index in [4.69, 9.17) is 11.6 Å². The number of hydrogen-bond acceptors (Lipinski definition) is 2. The molecule has 0 aliphatic carbocycles. The molecule has 0 radical (unpaired) electrons. The lowest BCUT2D eigenvalue weighted by Crippen LogP contribution is -2.08. The lowest BCUT2D eigenvalue weighted by molar-refractivity contribution is 0.882. The Morgan fingerprint density at radius 3 is 3.00 bits per heavy atom. The fraction of sp³-hybridized carbons (Fsp3) is 0.700. The van der Waals surface area contributed by atoms with Crippen molar-refractivity contribution in [2.75, 3.05) is 12.4 Å². The van der Waals surface area contributed by atoms with Crippen molar-refractivity contribution in [1.82, 2.24) is 0 Å². The largest absolute Gasteiger partial charge is 0.284 e. The van der Waals surface area contributed by atoms with Gasteiger partial charge in [0.05, 0.1) is 12.3 Å². The number of alkyl halides is 1. The molecular weight excluding hydrogens is 202 g/mol. The molecule has 2 heterocycles. The van der Waals surface area contributed by atoms with Crippen LogP contribution in [0.25, 0.3) is 0 Å². The predicted molar refractivity (Wildman–Crippen MR) is 60.9 cm³/mol. The number of aliphatic imine (C=N–C) groups is 1. The van der Waals surface area contributed by atoms with Gasteiger partial charge in [0.25, 0.3) is 0 Å². The van der Waals surface area contributed by atoms with Crippen LogP contribution in [-0.2, 0) is 0 Å². The second kappa shape index (κ2) is 3.66. The van der Waals surface area contributed by atoms with Gasteiger partial charge >= 0.3 is 0 Å². The van der Waals surface area contributed by atoms with Gasteiger partial charge in [-0.15, -0.1) is 23.4 Å². The van der Waals surface area contributed by atoms with Crippen molar-refractivity contribution < 1.29 is 0 Å². The van der Waals surface area contributed by atoms with E-state index in [1.54, 1.807) is 0 Å². The molecule has 2 rings (SSSR count). The fourth-order valence-electron chi connectivity index (χ4n) is 1.82. The first kappa shape index (κ1) is 9.60. The van der Waals surface area contributed by atoms with Gasteiger partial charge in [-0.05, 0) is 17.9 Å². The minimum atomic E-state index is 0.564. The summed E-state index contributed by atoms with van der Waals surface area (Å²) in [6, 6.07) is 0. The Hall–Kier alpha value is 0.0500. The van der Waals surface area contributed by atoms with E-state index in [0.717, 1.165) is 18.8 Å². The van der Waals surface area contributed by atoms with Crippen LogP contribution in [0.1, 0.15) is 20.3 Å². The van der Waals surface area contributed by atoms with E-state index < -0.39 is 0 Å². The summed E-state index contributed by atoms with van der Waals surface area (Å²) in [6.45, 7) is 5.36. The average Bonchev–Trinajstić information content (AvgIpc) is 2.59. The van der Waals surface area contributed by atoms with Gasteiger partial charge in [0.2, 0.25) is 0 Å². The third kappa shape index (κ3) is 1.66. The highest BCUT2D eigenvalue weighted by atomic mass is 35.5. The maximum atomic E-state index is 5.86. The van der Waals surface area contributed by atoms with Crippen molar-refractivity contribution in [1.29, 1.82) is 0 Å². The molecule has 2 aliphatic heterocycles. The Morgan fingerprint density at radius 2 is 2.38 bits per heavy atom. The predicted octanol–water partition coefficient (Wildman–Crippen LogP) is 3.10. The smallest absolute Gasteiger partial charge is 0.0618 e. The van der Waals surface area contributed by atoms with Gasteiger partial charge in [-0.2, -0.15) is 0 Å². The number of halogens is 1. The zero-order chi connectivity index (χ0) is 9.42. The average molecular weight is 216 g/mol. The minimum Gasteiger partial charge on any atom is -0.284 e. The van der Waals surface area contributed by atoms with Gasteiger partial charge in [0.1, 0.15) is 0 Å². The van der Waals surface area contributed by atoms with Crippen LogP contribution in [0.3, 0.4) is 0 Å². The van der Waals surface area contributed by atoms with Gasteiger partial charge < -0.3 is 0 Å². The summed E-state index contributed by atoms with van der Waals surface area (Å²) in [5, 5.41) is 0.607. The Bertz CT molecular complexity index is 281. The third-order valence-corrected chi connectivity index (χ3v) is 4.43. The molecule has 1 atom stereocenters. The molecule has 2 aliphatic rings. The molecule has 0 N–H and O–H groups in total. The van der Waals surface area contributed by atoms with Crippen LogP contribution < -0.4 is 0 Å². The number of thioether (sulfide) groups is 1. The van der Waals surface area contributed by atoms with E-state index in [2.05, 4.69) is 18.8 Å². The minimum absolute atomic E-state index is 0.564. The van der Waals surface area contributed by atoms with E-state index >= 15 is 0 Å². The van der Waals surface area contributed by atoms with E-state index in [-0.39, 0.29) is 0 Å². The molecule has 0 aromatic carbocycles. The third-order valence-electron chi connectivity index (χ3n) is 2.47. The number of allylic oxidation sites excluding steroid dienone is 1. The van der Waals surface area contributed by atoms with Gasteiger partial charge in [-0.3, -0.25) is 4.99 Å². The van der Waals surface area contributed by atoms with Crippen LogP contribution >= 0.6 is 23.4 Å². The zero-order valence-corrected chi connectivity index (χ0v) is 9.58. The molecule has 1 unspecified atom stereocenters. The van der Waals surface area contributed by atoms with Gasteiger partial charge in [-0.25, -0.2) is 0 Å². The SMILES string of the molecule is CC(C)C1=NCC2=C1SC(CCl)C2. The summed E-state index contributed by atoms with van der Waals surface area (Å²) >= 11 is 7.79. The normalized spacial score (nSPS) is 27.1. The monoisotopic (exact) mass is 215 g/mol. The van der Waals surface area contributed by atoms with Crippen molar-refractivity contribution in [2.24, 2.45) is 10.9 Å². The van der Waals surface area contributed by atoms with Gasteiger partial charge in [-0.1, -0.05) is 13.8 Å². The van der Waals surface area contributed by atoms with Crippen molar-refractivity contribution in [3.63, 3.8) is 0 Å². The molecule has 0 fully saturated rings. The fourth-order valence-corrected chi connectivity index (χ4v) is 3.53. The van der Waals surface area contributed by atoms with Gasteiger partial charge in [0.15, 0.2) is 0 Å². The van der Waals surface area contributed by atoms with E-state index in [1.165, 1.54) is 16.2 Å². The highest BCUT2D eigenvalue weighted by Gasteiger charge is 2.31. The Kier molecular flexibility index (Phi) is 2.70. The first-order chi connectivity index (χ1) is 6.22. The summed E-state index contributed by atoms with van der Waals surface area (Å²) in [7, 11) is 0. The molecule has 0 spiro atoms. The highest BCUT2D eigenvalue weighted by molar-refractivity contribution is 8.05. The quantitative estimate of drug-likeness (QED) is 0.645. The summed E-state index contributed by atoms with van der Waals surface area (Å²) in [5.74, 6) is 1.33. The van der Waals surface area contributed by atoms with Crippen molar-refractivity contribution in [3.05, 3.63) is 10.5 Å².